The van der Waals surface area contributed by atoms with Crippen LogP contribution in [-0.2, 0) is 9.47 Å². The van der Waals surface area contributed by atoms with E-state index in [2.05, 4.69) is 0 Å². The van der Waals surface area contributed by atoms with Crippen molar-refractivity contribution in [1.29, 1.82) is 0 Å². The maximum atomic E-state index is 11.7. The van der Waals surface area contributed by atoms with Crippen LogP contribution in [0.5, 0.6) is 0 Å². The third-order valence-electron chi connectivity index (χ3n) is 3.10. The Morgan fingerprint density at radius 2 is 1.63 bits per heavy atom. The number of esters is 1. The molecule has 1 saturated heterocycles. The lowest BCUT2D eigenvalue weighted by atomic mass is 10.1. The van der Waals surface area contributed by atoms with Gasteiger partial charge in [0.2, 0.25) is 0 Å². The zero-order valence-corrected chi connectivity index (χ0v) is 10.4. The summed E-state index contributed by atoms with van der Waals surface area (Å²) in [6.07, 6.45) is 0.0415. The van der Waals surface area contributed by atoms with Crippen molar-refractivity contribution in [3.63, 3.8) is 0 Å². The number of hydrogen-bond donors (Lipinski definition) is 0. The fourth-order valence-corrected chi connectivity index (χ4v) is 2.02. The quantitative estimate of drug-likeness (QED) is 0.622. The summed E-state index contributed by atoms with van der Waals surface area (Å²) in [6.45, 7) is 0.299. The Kier molecular flexibility index (Phi) is 3.29. The Labute approximate surface area is 111 Å². The molecule has 96 valence electrons. The van der Waals surface area contributed by atoms with E-state index in [-0.39, 0.29) is 18.2 Å². The van der Waals surface area contributed by atoms with Crippen LogP contribution in [0.3, 0.4) is 0 Å². The van der Waals surface area contributed by atoms with Gasteiger partial charge >= 0.3 is 5.97 Å². The molecule has 0 saturated carbocycles. The van der Waals surface area contributed by atoms with Crippen LogP contribution >= 0.6 is 0 Å². The first-order valence-electron chi connectivity index (χ1n) is 6.27. The molecular formula is C16H14O3. The first-order valence-corrected chi connectivity index (χ1v) is 6.27. The third kappa shape index (κ3) is 2.83. The van der Waals surface area contributed by atoms with Gasteiger partial charge in [-0.05, 0) is 17.7 Å². The van der Waals surface area contributed by atoms with Crippen molar-refractivity contribution in [3.05, 3.63) is 71.8 Å². The van der Waals surface area contributed by atoms with E-state index in [4.69, 9.17) is 9.47 Å². The molecule has 0 radical (unpaired) electrons. The van der Waals surface area contributed by atoms with Gasteiger partial charge in [-0.1, -0.05) is 48.5 Å². The van der Waals surface area contributed by atoms with Crippen molar-refractivity contribution in [1.82, 2.24) is 0 Å². The van der Waals surface area contributed by atoms with E-state index in [1.54, 1.807) is 12.1 Å². The van der Waals surface area contributed by atoms with Gasteiger partial charge in [0.25, 0.3) is 0 Å². The molecule has 0 N–H and O–H groups in total. The van der Waals surface area contributed by atoms with Crippen LogP contribution in [0.25, 0.3) is 0 Å². The monoisotopic (exact) mass is 254 g/mol. The van der Waals surface area contributed by atoms with Gasteiger partial charge in [0.15, 0.2) is 0 Å². The molecule has 19 heavy (non-hydrogen) atoms. The maximum Gasteiger partial charge on any atom is 0.338 e. The second-order valence-electron chi connectivity index (χ2n) is 4.47. The van der Waals surface area contributed by atoms with Crippen LogP contribution < -0.4 is 0 Å². The molecule has 3 nitrogen and oxygen atoms in total. The number of carbonyl (C=O) groups excluding carboxylic acids is 1. The molecule has 1 fully saturated rings. The fraction of sp³-hybridized carbons (Fsp3) is 0.188. The van der Waals surface area contributed by atoms with Gasteiger partial charge < -0.3 is 9.47 Å². The van der Waals surface area contributed by atoms with Crippen molar-refractivity contribution in [3.8, 4) is 0 Å². The minimum Gasteiger partial charge on any atom is -0.459 e. The number of epoxide rings is 1. The van der Waals surface area contributed by atoms with Gasteiger partial charge in [0.05, 0.1) is 5.56 Å². The summed E-state index contributed by atoms with van der Waals surface area (Å²) < 4.78 is 10.8. The van der Waals surface area contributed by atoms with Crippen LogP contribution in [0.1, 0.15) is 22.0 Å². The van der Waals surface area contributed by atoms with Crippen molar-refractivity contribution in [2.75, 3.05) is 6.61 Å². The van der Waals surface area contributed by atoms with Crippen molar-refractivity contribution in [2.24, 2.45) is 0 Å². The number of ether oxygens (including phenoxy) is 2. The van der Waals surface area contributed by atoms with E-state index in [0.717, 1.165) is 5.56 Å². The lowest BCUT2D eigenvalue weighted by molar-refractivity contribution is 0.0476. The molecule has 0 aromatic heterocycles. The standard InChI is InChI=1S/C16H14O3/c17-16(13-9-5-2-6-10-13)18-11-14-15(19-14)12-7-3-1-4-8-12/h1-10,14-15H,11H2/t14-,15+/m1/s1. The van der Waals surface area contributed by atoms with Gasteiger partial charge in [0.1, 0.15) is 18.8 Å². The molecule has 0 unspecified atom stereocenters. The molecule has 0 aliphatic carbocycles. The van der Waals surface area contributed by atoms with Crippen molar-refractivity contribution < 1.29 is 14.3 Å². The second kappa shape index (κ2) is 5.24. The molecule has 2 aromatic carbocycles. The minimum atomic E-state index is -0.303. The molecule has 1 aliphatic rings. The Bertz CT molecular complexity index is 551. The molecular weight excluding hydrogens is 240 g/mol. The molecule has 0 amide bonds. The number of carbonyl (C=O) groups is 1. The molecule has 2 aromatic rings. The molecule has 3 rings (SSSR count). The Morgan fingerprint density at radius 3 is 2.32 bits per heavy atom. The summed E-state index contributed by atoms with van der Waals surface area (Å²) in [5.74, 6) is -0.303. The Balaban J connectivity index is 1.51. The van der Waals surface area contributed by atoms with E-state index >= 15 is 0 Å². The largest absolute Gasteiger partial charge is 0.459 e. The summed E-state index contributed by atoms with van der Waals surface area (Å²) in [7, 11) is 0. The number of hydrogen-bond acceptors (Lipinski definition) is 3. The molecule has 0 spiro atoms. The molecule has 3 heteroatoms. The third-order valence-corrected chi connectivity index (χ3v) is 3.10. The van der Waals surface area contributed by atoms with Gasteiger partial charge in [-0.25, -0.2) is 4.79 Å². The van der Waals surface area contributed by atoms with E-state index < -0.39 is 0 Å². The van der Waals surface area contributed by atoms with E-state index in [1.807, 2.05) is 48.5 Å². The SMILES string of the molecule is O=C(OC[C@H]1O[C@H]1c1ccccc1)c1ccccc1. The Hall–Kier alpha value is -2.13. The highest BCUT2D eigenvalue weighted by atomic mass is 16.6. The summed E-state index contributed by atoms with van der Waals surface area (Å²) in [5.41, 5.74) is 1.70. The maximum absolute atomic E-state index is 11.7. The summed E-state index contributed by atoms with van der Waals surface area (Å²) in [6, 6.07) is 18.9. The summed E-state index contributed by atoms with van der Waals surface area (Å²) >= 11 is 0. The van der Waals surface area contributed by atoms with Crippen LogP contribution in [-0.4, -0.2) is 18.7 Å². The predicted molar refractivity (Wildman–Crippen MR) is 70.8 cm³/mol. The number of benzene rings is 2. The predicted octanol–water partition coefficient (Wildman–Crippen LogP) is 2.98. The topological polar surface area (TPSA) is 38.8 Å². The summed E-state index contributed by atoms with van der Waals surface area (Å²) in [4.78, 5) is 11.7. The molecule has 0 bridgehead atoms. The van der Waals surface area contributed by atoms with Gasteiger partial charge in [-0.15, -0.1) is 0 Å². The second-order valence-corrected chi connectivity index (χ2v) is 4.47. The average molecular weight is 254 g/mol. The highest BCUT2D eigenvalue weighted by Gasteiger charge is 2.41. The lowest BCUT2D eigenvalue weighted by Crippen LogP contribution is -2.10. The molecule has 2 atom stereocenters. The van der Waals surface area contributed by atoms with Crippen LogP contribution in [0, 0.1) is 0 Å². The summed E-state index contributed by atoms with van der Waals surface area (Å²) in [5, 5.41) is 0. The van der Waals surface area contributed by atoms with Crippen LogP contribution in [0.2, 0.25) is 0 Å². The van der Waals surface area contributed by atoms with Gasteiger partial charge in [0, 0.05) is 0 Å². The van der Waals surface area contributed by atoms with E-state index in [9.17, 15) is 4.79 Å². The van der Waals surface area contributed by atoms with Crippen LogP contribution in [0.15, 0.2) is 60.7 Å². The Morgan fingerprint density at radius 1 is 1.00 bits per heavy atom. The van der Waals surface area contributed by atoms with E-state index in [1.165, 1.54) is 0 Å². The lowest BCUT2D eigenvalue weighted by Gasteiger charge is -2.02. The highest BCUT2D eigenvalue weighted by molar-refractivity contribution is 5.89. The smallest absolute Gasteiger partial charge is 0.338 e. The first-order chi connectivity index (χ1) is 9.34. The zero-order chi connectivity index (χ0) is 13.1. The zero-order valence-electron chi connectivity index (χ0n) is 10.4. The fourth-order valence-electron chi connectivity index (χ4n) is 2.02. The normalized spacial score (nSPS) is 20.8. The average Bonchev–Trinajstić information content (AvgIpc) is 3.26. The van der Waals surface area contributed by atoms with Crippen molar-refractivity contribution >= 4 is 5.97 Å². The van der Waals surface area contributed by atoms with E-state index in [0.29, 0.717) is 12.2 Å². The van der Waals surface area contributed by atoms with Gasteiger partial charge in [-0.3, -0.25) is 0 Å². The molecule has 1 aliphatic heterocycles. The first kappa shape index (κ1) is 11.9. The van der Waals surface area contributed by atoms with Gasteiger partial charge in [-0.2, -0.15) is 0 Å². The number of rotatable bonds is 4. The van der Waals surface area contributed by atoms with Crippen LogP contribution in [0.4, 0.5) is 0 Å². The highest BCUT2D eigenvalue weighted by Crippen LogP contribution is 2.38. The molecule has 1 heterocycles. The van der Waals surface area contributed by atoms with Crippen molar-refractivity contribution in [2.45, 2.75) is 12.2 Å². The minimum absolute atomic E-state index is 0.0185.